The number of nitrogens with two attached hydrogens (primary N) is 1. The minimum atomic E-state index is -0.521. The van der Waals surface area contributed by atoms with Crippen molar-refractivity contribution in [3.63, 3.8) is 0 Å². The molecule has 0 fully saturated rings. The first-order valence-corrected chi connectivity index (χ1v) is 7.00. The van der Waals surface area contributed by atoms with Gasteiger partial charge in [0.25, 0.3) is 0 Å². The number of ether oxygens (including phenoxy) is 1. The zero-order valence-electron chi connectivity index (χ0n) is 11.6. The summed E-state index contributed by atoms with van der Waals surface area (Å²) in [7, 11) is 1.77. The monoisotopic (exact) mass is 328 g/mol. The molecular weight excluding hydrogens is 308 g/mol. The molecule has 106 valence electrons. The van der Waals surface area contributed by atoms with Gasteiger partial charge in [0.1, 0.15) is 12.4 Å². The van der Waals surface area contributed by atoms with Crippen LogP contribution in [0.4, 0.5) is 0 Å². The largest absolute Gasteiger partial charge is 0.492 e. The number of carbonyl (C=O) groups excluding carboxylic acids is 1. The zero-order chi connectivity index (χ0) is 14.5. The van der Waals surface area contributed by atoms with Crippen molar-refractivity contribution in [1.29, 1.82) is 0 Å². The van der Waals surface area contributed by atoms with Crippen LogP contribution in [0.15, 0.2) is 28.7 Å². The van der Waals surface area contributed by atoms with Crippen LogP contribution in [0, 0.1) is 5.41 Å². The Labute approximate surface area is 123 Å². The van der Waals surface area contributed by atoms with E-state index in [-0.39, 0.29) is 5.91 Å². The number of carbonyl (C=O) groups is 1. The number of hydrogen-bond acceptors (Lipinski definition) is 3. The number of halogens is 1. The maximum Gasteiger partial charge on any atom is 0.229 e. The van der Waals surface area contributed by atoms with Crippen LogP contribution in [0.5, 0.6) is 5.75 Å². The normalized spacial score (nSPS) is 11.2. The molecule has 0 unspecified atom stereocenters. The van der Waals surface area contributed by atoms with Gasteiger partial charge in [0, 0.05) is 18.1 Å². The lowest BCUT2D eigenvalue weighted by Crippen LogP contribution is -2.44. The molecule has 4 nitrogen and oxygen atoms in total. The van der Waals surface area contributed by atoms with E-state index in [0.29, 0.717) is 19.7 Å². The van der Waals surface area contributed by atoms with Gasteiger partial charge in [0.05, 0.1) is 12.0 Å². The van der Waals surface area contributed by atoms with E-state index in [1.54, 1.807) is 11.9 Å². The highest BCUT2D eigenvalue weighted by Gasteiger charge is 2.28. The molecule has 5 heteroatoms. The fourth-order valence-corrected chi connectivity index (χ4v) is 1.80. The Hall–Kier alpha value is -1.07. The SMILES string of the molecule is CN(CCOc1ccc(Br)cc1)C(=O)C(C)(C)CN. The van der Waals surface area contributed by atoms with E-state index >= 15 is 0 Å². The molecule has 1 aromatic carbocycles. The molecule has 0 aliphatic heterocycles. The van der Waals surface area contributed by atoms with Gasteiger partial charge in [0.2, 0.25) is 5.91 Å². The van der Waals surface area contributed by atoms with Crippen LogP contribution in [-0.4, -0.2) is 37.6 Å². The maximum absolute atomic E-state index is 12.1. The van der Waals surface area contributed by atoms with Gasteiger partial charge in [-0.15, -0.1) is 0 Å². The molecule has 0 spiro atoms. The highest BCUT2D eigenvalue weighted by atomic mass is 79.9. The molecule has 1 aromatic rings. The van der Waals surface area contributed by atoms with E-state index in [9.17, 15) is 4.79 Å². The van der Waals surface area contributed by atoms with Gasteiger partial charge in [-0.3, -0.25) is 4.79 Å². The lowest BCUT2D eigenvalue weighted by Gasteiger charge is -2.28. The summed E-state index contributed by atoms with van der Waals surface area (Å²) in [5.74, 6) is 0.830. The Morgan fingerprint density at radius 2 is 1.95 bits per heavy atom. The topological polar surface area (TPSA) is 55.6 Å². The number of hydrogen-bond donors (Lipinski definition) is 1. The Kier molecular flexibility index (Phi) is 5.82. The second-order valence-electron chi connectivity index (χ2n) is 5.12. The quantitative estimate of drug-likeness (QED) is 0.871. The van der Waals surface area contributed by atoms with E-state index in [2.05, 4.69) is 15.9 Å². The minimum absolute atomic E-state index is 0.0365. The summed E-state index contributed by atoms with van der Waals surface area (Å²) in [6.45, 7) is 5.04. The molecule has 2 N–H and O–H groups in total. The van der Waals surface area contributed by atoms with Gasteiger partial charge in [-0.05, 0) is 38.1 Å². The number of amides is 1. The number of likely N-dealkylation sites (N-methyl/N-ethyl adjacent to an activating group) is 1. The first-order valence-electron chi connectivity index (χ1n) is 6.21. The van der Waals surface area contributed by atoms with Crippen molar-refractivity contribution >= 4 is 21.8 Å². The Balaban J connectivity index is 2.40. The molecule has 0 aliphatic rings. The standard InChI is InChI=1S/C14H21BrN2O2/c1-14(2,10-16)13(18)17(3)8-9-19-12-6-4-11(15)5-7-12/h4-7H,8-10,16H2,1-3H3. The summed E-state index contributed by atoms with van der Waals surface area (Å²) >= 11 is 3.37. The van der Waals surface area contributed by atoms with Crippen LogP contribution in [0.2, 0.25) is 0 Å². The second kappa shape index (κ2) is 6.91. The number of benzene rings is 1. The van der Waals surface area contributed by atoms with Crippen LogP contribution in [0.3, 0.4) is 0 Å². The predicted molar refractivity (Wildman–Crippen MR) is 80.1 cm³/mol. The van der Waals surface area contributed by atoms with E-state index in [0.717, 1.165) is 10.2 Å². The molecule has 0 heterocycles. The molecular formula is C14H21BrN2O2. The van der Waals surface area contributed by atoms with Gasteiger partial charge in [-0.2, -0.15) is 0 Å². The van der Waals surface area contributed by atoms with Gasteiger partial charge < -0.3 is 15.4 Å². The molecule has 0 saturated carbocycles. The van der Waals surface area contributed by atoms with E-state index in [1.165, 1.54) is 0 Å². The molecule has 19 heavy (non-hydrogen) atoms. The van der Waals surface area contributed by atoms with E-state index in [4.69, 9.17) is 10.5 Å². The number of rotatable bonds is 6. The van der Waals surface area contributed by atoms with E-state index in [1.807, 2.05) is 38.1 Å². The maximum atomic E-state index is 12.1. The lowest BCUT2D eigenvalue weighted by atomic mass is 9.92. The molecule has 0 aliphatic carbocycles. The van der Waals surface area contributed by atoms with Crippen molar-refractivity contribution in [2.45, 2.75) is 13.8 Å². The summed E-state index contributed by atoms with van der Waals surface area (Å²) in [6.07, 6.45) is 0. The third kappa shape index (κ3) is 4.84. The van der Waals surface area contributed by atoms with Crippen LogP contribution in [-0.2, 0) is 4.79 Å². The smallest absolute Gasteiger partial charge is 0.229 e. The first-order chi connectivity index (χ1) is 8.86. The van der Waals surface area contributed by atoms with Crippen molar-refractivity contribution < 1.29 is 9.53 Å². The van der Waals surface area contributed by atoms with Crippen LogP contribution >= 0.6 is 15.9 Å². The van der Waals surface area contributed by atoms with Crippen molar-refractivity contribution in [1.82, 2.24) is 4.90 Å². The van der Waals surface area contributed by atoms with Gasteiger partial charge in [0.15, 0.2) is 0 Å². The average Bonchev–Trinajstić information content (AvgIpc) is 2.40. The highest BCUT2D eigenvalue weighted by molar-refractivity contribution is 9.10. The second-order valence-corrected chi connectivity index (χ2v) is 6.03. The molecule has 0 bridgehead atoms. The Morgan fingerprint density at radius 1 is 1.37 bits per heavy atom. The average molecular weight is 329 g/mol. The van der Waals surface area contributed by atoms with Crippen molar-refractivity contribution in [3.05, 3.63) is 28.7 Å². The van der Waals surface area contributed by atoms with Crippen molar-refractivity contribution in [2.75, 3.05) is 26.7 Å². The molecule has 0 aromatic heterocycles. The molecule has 1 rings (SSSR count). The molecule has 0 atom stereocenters. The van der Waals surface area contributed by atoms with Crippen LogP contribution in [0.1, 0.15) is 13.8 Å². The first kappa shape index (κ1) is 16.0. The fraction of sp³-hybridized carbons (Fsp3) is 0.500. The Bertz CT molecular complexity index is 418. The molecule has 0 saturated heterocycles. The lowest BCUT2D eigenvalue weighted by molar-refractivity contribution is -0.138. The van der Waals surface area contributed by atoms with Crippen LogP contribution in [0.25, 0.3) is 0 Å². The molecule has 0 radical (unpaired) electrons. The molecule has 1 amide bonds. The summed E-state index contributed by atoms with van der Waals surface area (Å²) in [4.78, 5) is 13.7. The Morgan fingerprint density at radius 3 is 2.47 bits per heavy atom. The fourth-order valence-electron chi connectivity index (χ4n) is 1.54. The summed E-state index contributed by atoms with van der Waals surface area (Å²) < 4.78 is 6.59. The van der Waals surface area contributed by atoms with Gasteiger partial charge in [-0.1, -0.05) is 15.9 Å². The van der Waals surface area contributed by atoms with Crippen molar-refractivity contribution in [2.24, 2.45) is 11.1 Å². The van der Waals surface area contributed by atoms with Gasteiger partial charge >= 0.3 is 0 Å². The number of nitrogens with zero attached hydrogens (tertiary/aromatic N) is 1. The predicted octanol–water partition coefficient (Wildman–Crippen LogP) is 2.27. The third-order valence-electron chi connectivity index (χ3n) is 2.95. The summed E-state index contributed by atoms with van der Waals surface area (Å²) in [6, 6.07) is 7.61. The third-order valence-corrected chi connectivity index (χ3v) is 3.47. The highest BCUT2D eigenvalue weighted by Crippen LogP contribution is 2.17. The van der Waals surface area contributed by atoms with Crippen LogP contribution < -0.4 is 10.5 Å². The van der Waals surface area contributed by atoms with Gasteiger partial charge in [-0.25, -0.2) is 0 Å². The minimum Gasteiger partial charge on any atom is -0.492 e. The zero-order valence-corrected chi connectivity index (χ0v) is 13.2. The van der Waals surface area contributed by atoms with E-state index < -0.39 is 5.41 Å². The summed E-state index contributed by atoms with van der Waals surface area (Å²) in [5.41, 5.74) is 5.07. The summed E-state index contributed by atoms with van der Waals surface area (Å²) in [5, 5.41) is 0. The van der Waals surface area contributed by atoms with Crippen molar-refractivity contribution in [3.8, 4) is 5.75 Å².